The van der Waals surface area contributed by atoms with Gasteiger partial charge in [0, 0.05) is 18.4 Å². The van der Waals surface area contributed by atoms with Crippen molar-refractivity contribution in [2.24, 2.45) is 7.05 Å². The maximum absolute atomic E-state index is 13.5. The van der Waals surface area contributed by atoms with Gasteiger partial charge in [0.25, 0.3) is 5.56 Å². The molecule has 0 saturated heterocycles. The molecule has 8 nitrogen and oxygen atoms in total. The number of furan rings is 1. The number of fused-ring (bicyclic) bond motifs is 3. The van der Waals surface area contributed by atoms with Crippen molar-refractivity contribution in [3.63, 3.8) is 0 Å². The predicted molar refractivity (Wildman–Crippen MR) is 118 cm³/mol. The van der Waals surface area contributed by atoms with E-state index in [4.69, 9.17) is 9.40 Å². The lowest BCUT2D eigenvalue weighted by Crippen LogP contribution is -2.39. The molecular formula is C23H23N5O3. The van der Waals surface area contributed by atoms with Gasteiger partial charge >= 0.3 is 5.69 Å². The van der Waals surface area contributed by atoms with Gasteiger partial charge in [-0.3, -0.25) is 18.3 Å². The average molecular weight is 417 g/mol. The zero-order valence-electron chi connectivity index (χ0n) is 17.9. The van der Waals surface area contributed by atoms with Gasteiger partial charge in [-0.05, 0) is 38.5 Å². The Bertz CT molecular complexity index is 1560. The molecule has 5 rings (SSSR count). The summed E-state index contributed by atoms with van der Waals surface area (Å²) in [6.07, 6.45) is 1.63. The van der Waals surface area contributed by atoms with Crippen molar-refractivity contribution < 1.29 is 4.42 Å². The van der Waals surface area contributed by atoms with E-state index in [1.807, 2.05) is 66.1 Å². The van der Waals surface area contributed by atoms with Crippen molar-refractivity contribution in [3.05, 3.63) is 91.8 Å². The zero-order chi connectivity index (χ0) is 21.9. The Morgan fingerprint density at radius 2 is 1.77 bits per heavy atom. The number of aromatic nitrogens is 5. The van der Waals surface area contributed by atoms with Gasteiger partial charge in [-0.25, -0.2) is 4.79 Å². The minimum absolute atomic E-state index is 0.210. The first-order valence-electron chi connectivity index (χ1n) is 10.1. The Labute approximate surface area is 177 Å². The summed E-state index contributed by atoms with van der Waals surface area (Å²) in [5.41, 5.74) is 3.93. The van der Waals surface area contributed by atoms with Crippen molar-refractivity contribution in [2.75, 3.05) is 0 Å². The van der Waals surface area contributed by atoms with Crippen molar-refractivity contribution in [2.45, 2.75) is 33.9 Å². The summed E-state index contributed by atoms with van der Waals surface area (Å²) in [6, 6.07) is 11.6. The van der Waals surface area contributed by atoms with Crippen LogP contribution < -0.4 is 11.2 Å². The highest BCUT2D eigenvalue weighted by molar-refractivity contribution is 5.76. The van der Waals surface area contributed by atoms with E-state index < -0.39 is 0 Å². The highest BCUT2D eigenvalue weighted by Gasteiger charge is 2.23. The second kappa shape index (κ2) is 6.87. The molecule has 0 spiro atoms. The first-order valence-corrected chi connectivity index (χ1v) is 10.1. The molecule has 0 aliphatic heterocycles. The minimum atomic E-state index is -0.383. The van der Waals surface area contributed by atoms with Crippen LogP contribution in [0.15, 0.2) is 56.7 Å². The molecule has 5 aromatic rings. The molecular weight excluding hydrogens is 394 g/mol. The van der Waals surface area contributed by atoms with E-state index in [0.29, 0.717) is 23.5 Å². The van der Waals surface area contributed by atoms with Crippen LogP contribution in [0.5, 0.6) is 0 Å². The number of hydrogen-bond donors (Lipinski definition) is 0. The quantitative estimate of drug-likeness (QED) is 0.450. The maximum Gasteiger partial charge on any atom is 0.332 e. The van der Waals surface area contributed by atoms with Gasteiger partial charge in [-0.15, -0.1) is 0 Å². The minimum Gasteiger partial charge on any atom is -0.467 e. The first-order chi connectivity index (χ1) is 14.9. The third-order valence-electron chi connectivity index (χ3n) is 5.95. The highest BCUT2D eigenvalue weighted by atomic mass is 16.3. The molecule has 0 aliphatic rings. The summed E-state index contributed by atoms with van der Waals surface area (Å²) in [5, 5.41) is 0. The van der Waals surface area contributed by atoms with Crippen LogP contribution in [0.3, 0.4) is 0 Å². The van der Waals surface area contributed by atoms with Crippen LogP contribution in [0, 0.1) is 20.8 Å². The van der Waals surface area contributed by atoms with Crippen molar-refractivity contribution in [1.82, 2.24) is 23.1 Å². The molecule has 0 bridgehead atoms. The molecule has 158 valence electrons. The number of hydrogen-bond acceptors (Lipinski definition) is 4. The van der Waals surface area contributed by atoms with Crippen molar-refractivity contribution in [1.29, 1.82) is 0 Å². The van der Waals surface area contributed by atoms with E-state index in [2.05, 4.69) is 0 Å². The van der Waals surface area contributed by atoms with E-state index in [9.17, 15) is 9.59 Å². The molecule has 0 unspecified atom stereocenters. The number of benzene rings is 1. The number of imidazole rings is 2. The third-order valence-corrected chi connectivity index (χ3v) is 5.95. The van der Waals surface area contributed by atoms with Crippen molar-refractivity contribution >= 4 is 16.9 Å². The SMILES string of the molecule is Cc1cccc(Cn2c(=O)c3c(nc4n(Cc5ccco5)c(C)c(C)n34)n(C)c2=O)c1. The smallest absolute Gasteiger partial charge is 0.332 e. The number of aryl methyl sites for hydroxylation is 3. The number of nitrogens with zero attached hydrogens (tertiary/aromatic N) is 5. The Morgan fingerprint density at radius 1 is 0.968 bits per heavy atom. The van der Waals surface area contributed by atoms with Gasteiger partial charge < -0.3 is 8.98 Å². The fraction of sp³-hybridized carbons (Fsp3) is 0.261. The van der Waals surface area contributed by atoms with Gasteiger partial charge in [0.15, 0.2) is 11.2 Å². The van der Waals surface area contributed by atoms with Gasteiger partial charge in [0.05, 0.1) is 19.4 Å². The molecule has 0 amide bonds. The predicted octanol–water partition coefficient (Wildman–Crippen LogP) is 2.76. The van der Waals surface area contributed by atoms with Crippen LogP contribution in [-0.4, -0.2) is 23.1 Å². The van der Waals surface area contributed by atoms with E-state index in [1.165, 1.54) is 9.13 Å². The molecule has 0 atom stereocenters. The normalized spacial score (nSPS) is 11.7. The summed E-state index contributed by atoms with van der Waals surface area (Å²) in [7, 11) is 1.66. The summed E-state index contributed by atoms with van der Waals surface area (Å²) in [6.45, 7) is 6.64. The fourth-order valence-corrected chi connectivity index (χ4v) is 4.20. The molecule has 0 N–H and O–H groups in total. The maximum atomic E-state index is 13.5. The largest absolute Gasteiger partial charge is 0.467 e. The van der Waals surface area contributed by atoms with Gasteiger partial charge in [0.1, 0.15) is 5.76 Å². The van der Waals surface area contributed by atoms with Crippen LogP contribution >= 0.6 is 0 Å². The lowest BCUT2D eigenvalue weighted by atomic mass is 10.1. The fourth-order valence-electron chi connectivity index (χ4n) is 4.20. The Kier molecular flexibility index (Phi) is 4.25. The summed E-state index contributed by atoms with van der Waals surface area (Å²) < 4.78 is 12.1. The van der Waals surface area contributed by atoms with Gasteiger partial charge in [0.2, 0.25) is 5.78 Å². The van der Waals surface area contributed by atoms with Gasteiger partial charge in [-0.1, -0.05) is 29.8 Å². The Hall–Kier alpha value is -3.81. The zero-order valence-corrected chi connectivity index (χ0v) is 17.9. The Balaban J connectivity index is 1.78. The monoisotopic (exact) mass is 417 g/mol. The van der Waals surface area contributed by atoms with Gasteiger partial charge in [-0.2, -0.15) is 4.98 Å². The van der Waals surface area contributed by atoms with E-state index in [0.717, 1.165) is 28.3 Å². The Morgan fingerprint density at radius 3 is 2.48 bits per heavy atom. The van der Waals surface area contributed by atoms with E-state index in [1.54, 1.807) is 13.3 Å². The lowest BCUT2D eigenvalue weighted by molar-refractivity contribution is 0.494. The number of rotatable bonds is 4. The molecule has 0 radical (unpaired) electrons. The second-order valence-electron chi connectivity index (χ2n) is 7.98. The molecule has 0 saturated carbocycles. The molecule has 0 aliphatic carbocycles. The first kappa shape index (κ1) is 19.2. The van der Waals surface area contributed by atoms with Crippen LogP contribution in [0.2, 0.25) is 0 Å². The van der Waals surface area contributed by atoms with Crippen molar-refractivity contribution in [3.8, 4) is 0 Å². The molecule has 4 aromatic heterocycles. The standard InChI is InChI=1S/C23H23N5O3/c1-14-7-5-8-17(11-14)12-27-21(29)19-20(25(4)23(27)30)24-22-26(13-18-9-6-10-31-18)15(2)16(3)28(19)22/h5-11H,12-13H2,1-4H3. The average Bonchev–Trinajstić information content (AvgIpc) is 3.44. The highest BCUT2D eigenvalue weighted by Crippen LogP contribution is 2.22. The molecule has 31 heavy (non-hydrogen) atoms. The van der Waals surface area contributed by atoms with Crippen LogP contribution in [0.4, 0.5) is 0 Å². The second-order valence-corrected chi connectivity index (χ2v) is 7.98. The summed E-state index contributed by atoms with van der Waals surface area (Å²) in [4.78, 5) is 31.3. The molecule has 4 heterocycles. The van der Waals surface area contributed by atoms with Crippen LogP contribution in [0.1, 0.15) is 28.3 Å². The topological polar surface area (TPSA) is 79.4 Å². The molecule has 1 aromatic carbocycles. The van der Waals surface area contributed by atoms with E-state index in [-0.39, 0.29) is 17.8 Å². The molecule has 0 fully saturated rings. The summed E-state index contributed by atoms with van der Waals surface area (Å²) in [5.74, 6) is 1.40. The summed E-state index contributed by atoms with van der Waals surface area (Å²) >= 11 is 0. The molecule has 8 heteroatoms. The van der Waals surface area contributed by atoms with Crippen LogP contribution in [0.25, 0.3) is 16.9 Å². The third kappa shape index (κ3) is 2.86. The van der Waals surface area contributed by atoms with E-state index >= 15 is 0 Å². The van der Waals surface area contributed by atoms with Crippen LogP contribution in [-0.2, 0) is 20.1 Å². The lowest BCUT2D eigenvalue weighted by Gasteiger charge is -2.09.